The van der Waals surface area contributed by atoms with E-state index in [-0.39, 0.29) is 5.91 Å². The molecule has 8 heteroatoms. The van der Waals surface area contributed by atoms with Crippen LogP contribution >= 0.6 is 34.7 Å². The fraction of sp³-hybridized carbons (Fsp3) is 0.250. The van der Waals surface area contributed by atoms with E-state index in [0.717, 1.165) is 33.2 Å². The Morgan fingerprint density at radius 3 is 2.69 bits per heavy atom. The predicted molar refractivity (Wildman–Crippen MR) is 133 cm³/mol. The van der Waals surface area contributed by atoms with Crippen molar-refractivity contribution in [1.29, 1.82) is 0 Å². The van der Waals surface area contributed by atoms with Crippen molar-refractivity contribution in [3.05, 3.63) is 76.9 Å². The van der Waals surface area contributed by atoms with E-state index in [1.807, 2.05) is 59.5 Å². The number of imidazole rings is 1. The molecule has 4 aromatic rings. The zero-order chi connectivity index (χ0) is 22.3. The summed E-state index contributed by atoms with van der Waals surface area (Å²) in [6.07, 6.45) is 2.80. The number of methoxy groups -OCH3 is 1. The highest BCUT2D eigenvalue weighted by molar-refractivity contribution is 8.00. The molecule has 2 aromatic carbocycles. The second-order valence-electron chi connectivity index (χ2n) is 7.24. The van der Waals surface area contributed by atoms with Gasteiger partial charge in [0.25, 0.3) is 0 Å². The Hall–Kier alpha value is -2.32. The van der Waals surface area contributed by atoms with E-state index < -0.39 is 0 Å². The number of halogens is 1. The van der Waals surface area contributed by atoms with Crippen LogP contribution in [-0.4, -0.2) is 52.8 Å². The van der Waals surface area contributed by atoms with Gasteiger partial charge in [-0.1, -0.05) is 41.9 Å². The number of ether oxygens (including phenoxy) is 1. The summed E-state index contributed by atoms with van der Waals surface area (Å²) >= 11 is 9.18. The molecule has 0 unspecified atom stereocenters. The number of hydrogen-bond acceptors (Lipinski definition) is 5. The van der Waals surface area contributed by atoms with E-state index in [2.05, 4.69) is 16.0 Å². The molecule has 0 saturated heterocycles. The average Bonchev–Trinajstić information content (AvgIpc) is 3.40. The fourth-order valence-electron chi connectivity index (χ4n) is 3.33. The van der Waals surface area contributed by atoms with Gasteiger partial charge in [0.1, 0.15) is 0 Å². The highest BCUT2D eigenvalue weighted by atomic mass is 35.5. The molecule has 0 bridgehead atoms. The number of thioether (sulfide) groups is 1. The van der Waals surface area contributed by atoms with Crippen molar-refractivity contribution >= 4 is 45.6 Å². The largest absolute Gasteiger partial charge is 0.383 e. The Labute approximate surface area is 201 Å². The van der Waals surface area contributed by atoms with Gasteiger partial charge in [-0.15, -0.1) is 23.1 Å². The van der Waals surface area contributed by atoms with E-state index in [4.69, 9.17) is 21.3 Å². The number of carbonyl (C=O) groups is 1. The van der Waals surface area contributed by atoms with Gasteiger partial charge >= 0.3 is 0 Å². The van der Waals surface area contributed by atoms with Crippen LogP contribution in [0.3, 0.4) is 0 Å². The minimum Gasteiger partial charge on any atom is -0.383 e. The maximum atomic E-state index is 12.9. The molecule has 0 spiro atoms. The number of thiazole rings is 1. The Morgan fingerprint density at radius 1 is 1.16 bits per heavy atom. The van der Waals surface area contributed by atoms with Gasteiger partial charge in [-0.3, -0.25) is 9.20 Å². The summed E-state index contributed by atoms with van der Waals surface area (Å²) in [7, 11) is 1.66. The van der Waals surface area contributed by atoms with Gasteiger partial charge in [0.05, 0.1) is 18.1 Å². The fourth-order valence-corrected chi connectivity index (χ4v) is 5.19. The first-order chi connectivity index (χ1) is 15.6. The summed E-state index contributed by atoms with van der Waals surface area (Å²) in [4.78, 5) is 21.6. The van der Waals surface area contributed by atoms with Crippen LogP contribution in [0.1, 0.15) is 5.69 Å². The molecule has 2 aromatic heterocycles. The summed E-state index contributed by atoms with van der Waals surface area (Å²) in [6.45, 7) is 1.74. The van der Waals surface area contributed by atoms with Crippen LogP contribution in [0, 0.1) is 0 Å². The highest BCUT2D eigenvalue weighted by Gasteiger charge is 2.16. The molecule has 5 nitrogen and oxygen atoms in total. The molecule has 0 aliphatic carbocycles. The van der Waals surface area contributed by atoms with Gasteiger partial charge in [-0.25, -0.2) is 4.98 Å². The molecular formula is C24H24ClN3O2S2. The zero-order valence-electron chi connectivity index (χ0n) is 17.7. The lowest BCUT2D eigenvalue weighted by atomic mass is 10.2. The van der Waals surface area contributed by atoms with Crippen molar-refractivity contribution in [2.24, 2.45) is 0 Å². The monoisotopic (exact) mass is 485 g/mol. The van der Waals surface area contributed by atoms with Crippen LogP contribution in [-0.2, 0) is 16.0 Å². The third-order valence-electron chi connectivity index (χ3n) is 5.08. The van der Waals surface area contributed by atoms with Crippen molar-refractivity contribution in [2.75, 3.05) is 32.6 Å². The number of rotatable bonds is 10. The predicted octanol–water partition coefficient (Wildman–Crippen LogP) is 5.53. The first-order valence-electron chi connectivity index (χ1n) is 10.3. The number of fused-ring (bicyclic) bond motifs is 1. The number of aromatic nitrogens is 2. The first-order valence-corrected chi connectivity index (χ1v) is 12.5. The van der Waals surface area contributed by atoms with Crippen LogP contribution in [0.2, 0.25) is 5.02 Å². The van der Waals surface area contributed by atoms with Gasteiger partial charge in [-0.05, 0) is 24.3 Å². The first kappa shape index (κ1) is 22.9. The smallest absolute Gasteiger partial charge is 0.233 e. The summed E-state index contributed by atoms with van der Waals surface area (Å²) in [5.74, 6) is 0.535. The maximum absolute atomic E-state index is 12.9. The molecule has 0 aliphatic rings. The normalized spacial score (nSPS) is 11.2. The Kier molecular flexibility index (Phi) is 7.86. The number of carbonyl (C=O) groups excluding carboxylic acids is 1. The van der Waals surface area contributed by atoms with Crippen molar-refractivity contribution < 1.29 is 9.53 Å². The van der Waals surface area contributed by atoms with Gasteiger partial charge in [0.2, 0.25) is 5.91 Å². The Morgan fingerprint density at radius 2 is 1.94 bits per heavy atom. The van der Waals surface area contributed by atoms with Gasteiger partial charge in [0, 0.05) is 59.4 Å². The van der Waals surface area contributed by atoms with Crippen LogP contribution in [0.5, 0.6) is 0 Å². The molecule has 4 rings (SSSR count). The highest BCUT2D eigenvalue weighted by Crippen LogP contribution is 2.25. The van der Waals surface area contributed by atoms with E-state index in [0.29, 0.717) is 30.5 Å². The quantitative estimate of drug-likeness (QED) is 0.277. The molecule has 2 heterocycles. The third-order valence-corrected chi connectivity index (χ3v) is 7.22. The number of amides is 1. The summed E-state index contributed by atoms with van der Waals surface area (Å²) in [5.41, 5.74) is 3.09. The maximum Gasteiger partial charge on any atom is 0.233 e. The number of nitrogens with zero attached hydrogens (tertiary/aromatic N) is 3. The molecule has 0 aliphatic heterocycles. The molecular weight excluding hydrogens is 462 g/mol. The van der Waals surface area contributed by atoms with Crippen LogP contribution in [0.15, 0.2) is 71.1 Å². The molecule has 166 valence electrons. The third kappa shape index (κ3) is 5.72. The topological polar surface area (TPSA) is 46.8 Å². The molecule has 0 N–H and O–H groups in total. The second-order valence-corrected chi connectivity index (χ2v) is 9.56. The lowest BCUT2D eigenvalue weighted by Crippen LogP contribution is -2.37. The molecule has 1 amide bonds. The molecule has 0 radical (unpaired) electrons. The summed E-state index contributed by atoms with van der Waals surface area (Å²) in [5, 5.41) is 2.83. The average molecular weight is 486 g/mol. The number of benzene rings is 2. The van der Waals surface area contributed by atoms with Crippen LogP contribution in [0.4, 0.5) is 0 Å². The SMILES string of the molecule is COCCN(CCc1csc2nc(-c3ccc(Cl)cc3)cn12)C(=O)CSc1ccccc1. The summed E-state index contributed by atoms with van der Waals surface area (Å²) in [6, 6.07) is 17.7. The van der Waals surface area contributed by atoms with Crippen LogP contribution in [0.25, 0.3) is 16.2 Å². The second kappa shape index (κ2) is 11.0. The van der Waals surface area contributed by atoms with Crippen molar-refractivity contribution in [3.8, 4) is 11.3 Å². The minimum absolute atomic E-state index is 0.120. The molecule has 0 fully saturated rings. The zero-order valence-corrected chi connectivity index (χ0v) is 20.1. The molecule has 0 saturated carbocycles. The van der Waals surface area contributed by atoms with E-state index in [9.17, 15) is 4.79 Å². The minimum atomic E-state index is 0.120. The standard InChI is InChI=1S/C24H24ClN3O2S2/c1-30-14-13-27(23(29)17-31-21-5-3-2-4-6-21)12-11-20-16-32-24-26-22(15-28(20)24)18-7-9-19(25)10-8-18/h2-10,15-16H,11-14,17H2,1H3. The number of hydrogen-bond donors (Lipinski definition) is 0. The Balaban J connectivity index is 1.42. The van der Waals surface area contributed by atoms with E-state index >= 15 is 0 Å². The lowest BCUT2D eigenvalue weighted by molar-refractivity contribution is -0.129. The van der Waals surface area contributed by atoms with Crippen LogP contribution < -0.4 is 0 Å². The van der Waals surface area contributed by atoms with E-state index in [1.54, 1.807) is 30.2 Å². The van der Waals surface area contributed by atoms with Crippen molar-refractivity contribution in [3.63, 3.8) is 0 Å². The van der Waals surface area contributed by atoms with Crippen molar-refractivity contribution in [2.45, 2.75) is 11.3 Å². The lowest BCUT2D eigenvalue weighted by Gasteiger charge is -2.22. The van der Waals surface area contributed by atoms with Crippen molar-refractivity contribution in [1.82, 2.24) is 14.3 Å². The molecule has 32 heavy (non-hydrogen) atoms. The van der Waals surface area contributed by atoms with Gasteiger partial charge in [0.15, 0.2) is 4.96 Å². The van der Waals surface area contributed by atoms with Gasteiger partial charge < -0.3 is 9.64 Å². The van der Waals surface area contributed by atoms with Gasteiger partial charge in [-0.2, -0.15) is 0 Å². The summed E-state index contributed by atoms with van der Waals surface area (Å²) < 4.78 is 7.35. The van der Waals surface area contributed by atoms with E-state index in [1.165, 1.54) is 0 Å². The Bertz CT molecular complexity index is 1160. The molecule has 0 atom stereocenters.